The molecule has 0 saturated heterocycles. The molecule has 1 heterocycles. The number of anilines is 1. The van der Waals surface area contributed by atoms with Crippen LogP contribution in [0.4, 0.5) is 5.69 Å². The highest BCUT2D eigenvalue weighted by molar-refractivity contribution is 7.94. The zero-order valence-corrected chi connectivity index (χ0v) is 18.3. The van der Waals surface area contributed by atoms with Crippen LogP contribution in [0.25, 0.3) is 0 Å². The lowest BCUT2D eigenvalue weighted by molar-refractivity contribution is 0.0273. The van der Waals surface area contributed by atoms with Crippen LogP contribution >= 0.6 is 11.3 Å². The minimum Gasteiger partial charge on any atom is -0.378 e. The Kier molecular flexibility index (Phi) is 7.69. The lowest BCUT2D eigenvalue weighted by atomic mass is 9.98. The third-order valence-electron chi connectivity index (χ3n) is 5.12. The maximum Gasteiger partial charge on any atom is 0.273 e. The van der Waals surface area contributed by atoms with Gasteiger partial charge in [-0.3, -0.25) is 9.10 Å². The summed E-state index contributed by atoms with van der Waals surface area (Å²) in [5.41, 5.74) is 1.01. The van der Waals surface area contributed by atoms with Crippen molar-refractivity contribution in [3.05, 3.63) is 47.3 Å². The number of hydrogen-bond donors (Lipinski definition) is 1. The predicted octanol–water partition coefficient (Wildman–Crippen LogP) is 4.04. The second-order valence-corrected chi connectivity index (χ2v) is 10.3. The average Bonchev–Trinajstić information content (AvgIpc) is 3.29. The third kappa shape index (κ3) is 5.81. The molecule has 1 aromatic carbocycles. The van der Waals surface area contributed by atoms with Gasteiger partial charge in [-0.2, -0.15) is 0 Å². The highest BCUT2D eigenvalue weighted by Gasteiger charge is 2.22. The molecule has 1 saturated carbocycles. The largest absolute Gasteiger partial charge is 0.378 e. The maximum absolute atomic E-state index is 12.6. The summed E-state index contributed by atoms with van der Waals surface area (Å²) in [4.78, 5) is 12.3. The van der Waals surface area contributed by atoms with E-state index < -0.39 is 10.0 Å². The van der Waals surface area contributed by atoms with Gasteiger partial charge in [-0.25, -0.2) is 8.42 Å². The molecule has 2 aromatic rings. The van der Waals surface area contributed by atoms with E-state index in [4.69, 9.17) is 4.74 Å². The molecule has 0 bridgehead atoms. The Hall–Kier alpha value is -1.90. The first kappa shape index (κ1) is 21.8. The van der Waals surface area contributed by atoms with Gasteiger partial charge in [0.1, 0.15) is 4.21 Å². The number of carbonyl (C=O) groups is 1. The average molecular weight is 437 g/mol. The van der Waals surface area contributed by atoms with Gasteiger partial charge < -0.3 is 10.1 Å². The number of ether oxygens (including phenoxy) is 1. The van der Waals surface area contributed by atoms with E-state index in [2.05, 4.69) is 5.32 Å². The van der Waals surface area contributed by atoms with Crippen molar-refractivity contribution in [2.45, 2.75) is 48.8 Å². The van der Waals surface area contributed by atoms with Crippen LogP contribution in [0, 0.1) is 0 Å². The zero-order chi connectivity index (χ0) is 20.7. The Labute approximate surface area is 176 Å². The van der Waals surface area contributed by atoms with Crippen molar-refractivity contribution in [1.82, 2.24) is 5.32 Å². The summed E-state index contributed by atoms with van der Waals surface area (Å²) in [5, 5.41) is 4.62. The molecule has 0 spiro atoms. The lowest BCUT2D eigenvalue weighted by Gasteiger charge is -2.21. The Morgan fingerprint density at radius 3 is 2.55 bits per heavy atom. The van der Waals surface area contributed by atoms with Gasteiger partial charge in [-0.15, -0.1) is 11.3 Å². The SMILES string of the molecule is CN(c1ccc(C(=O)NCCCOC2CCCCC2)cc1)S(=O)(=O)c1cccs1. The van der Waals surface area contributed by atoms with E-state index in [1.165, 1.54) is 42.0 Å². The number of carbonyl (C=O) groups excluding carboxylic acids is 1. The fourth-order valence-electron chi connectivity index (χ4n) is 3.36. The van der Waals surface area contributed by atoms with E-state index in [0.717, 1.165) is 19.3 Å². The van der Waals surface area contributed by atoms with Gasteiger partial charge in [0.2, 0.25) is 0 Å². The smallest absolute Gasteiger partial charge is 0.273 e. The van der Waals surface area contributed by atoms with Gasteiger partial charge in [0, 0.05) is 25.8 Å². The molecular weight excluding hydrogens is 408 g/mol. The molecule has 0 unspecified atom stereocenters. The Balaban J connectivity index is 1.46. The van der Waals surface area contributed by atoms with E-state index in [1.807, 2.05) is 0 Å². The molecule has 0 radical (unpaired) electrons. The van der Waals surface area contributed by atoms with Crippen LogP contribution < -0.4 is 9.62 Å². The van der Waals surface area contributed by atoms with Gasteiger partial charge in [0.15, 0.2) is 0 Å². The summed E-state index contributed by atoms with van der Waals surface area (Å²) in [7, 11) is -2.06. The summed E-state index contributed by atoms with van der Waals surface area (Å²) in [6.07, 6.45) is 7.27. The second-order valence-electron chi connectivity index (χ2n) is 7.19. The molecule has 1 aromatic heterocycles. The number of thiophene rings is 1. The van der Waals surface area contributed by atoms with Crippen LogP contribution in [-0.4, -0.2) is 40.6 Å². The quantitative estimate of drug-likeness (QED) is 0.602. The maximum atomic E-state index is 12.6. The van der Waals surface area contributed by atoms with Crippen molar-refractivity contribution in [3.8, 4) is 0 Å². The number of nitrogens with zero attached hydrogens (tertiary/aromatic N) is 1. The highest BCUT2D eigenvalue weighted by atomic mass is 32.2. The first-order valence-corrected chi connectivity index (χ1v) is 12.3. The van der Waals surface area contributed by atoms with E-state index in [1.54, 1.807) is 41.8 Å². The normalized spacial score (nSPS) is 15.2. The second kappa shape index (κ2) is 10.2. The van der Waals surface area contributed by atoms with Crippen LogP contribution in [0.3, 0.4) is 0 Å². The summed E-state index contributed by atoms with van der Waals surface area (Å²) in [6, 6.07) is 9.86. The van der Waals surface area contributed by atoms with Crippen molar-refractivity contribution < 1.29 is 17.9 Å². The van der Waals surface area contributed by atoms with Gasteiger partial charge in [0.05, 0.1) is 11.8 Å². The van der Waals surface area contributed by atoms with Crippen LogP contribution in [0.1, 0.15) is 48.9 Å². The molecule has 1 N–H and O–H groups in total. The van der Waals surface area contributed by atoms with Crippen molar-refractivity contribution in [2.75, 3.05) is 24.5 Å². The van der Waals surface area contributed by atoms with Gasteiger partial charge in [-0.1, -0.05) is 25.3 Å². The van der Waals surface area contributed by atoms with Crippen molar-refractivity contribution >= 4 is 33.0 Å². The Morgan fingerprint density at radius 1 is 1.17 bits per heavy atom. The first-order chi connectivity index (χ1) is 14.0. The topological polar surface area (TPSA) is 75.7 Å². The van der Waals surface area contributed by atoms with Crippen molar-refractivity contribution in [1.29, 1.82) is 0 Å². The minimum absolute atomic E-state index is 0.169. The van der Waals surface area contributed by atoms with Crippen LogP contribution in [0.5, 0.6) is 0 Å². The van der Waals surface area contributed by atoms with Gasteiger partial charge in [0.25, 0.3) is 15.9 Å². The monoisotopic (exact) mass is 436 g/mol. The van der Waals surface area contributed by atoms with E-state index in [0.29, 0.717) is 30.5 Å². The van der Waals surface area contributed by atoms with Crippen LogP contribution in [0.15, 0.2) is 46.0 Å². The number of nitrogens with one attached hydrogen (secondary N) is 1. The summed E-state index contributed by atoms with van der Waals surface area (Å²) < 4.78 is 32.5. The molecule has 8 heteroatoms. The number of sulfonamides is 1. The highest BCUT2D eigenvalue weighted by Crippen LogP contribution is 2.25. The van der Waals surface area contributed by atoms with Crippen LogP contribution in [-0.2, 0) is 14.8 Å². The third-order valence-corrected chi connectivity index (χ3v) is 8.27. The number of hydrogen-bond acceptors (Lipinski definition) is 5. The molecule has 3 rings (SSSR count). The predicted molar refractivity (Wildman–Crippen MR) is 116 cm³/mol. The molecule has 158 valence electrons. The minimum atomic E-state index is -3.57. The molecule has 1 fully saturated rings. The van der Waals surface area contributed by atoms with E-state index in [-0.39, 0.29) is 10.1 Å². The Bertz CT molecular complexity index is 874. The number of benzene rings is 1. The summed E-state index contributed by atoms with van der Waals surface area (Å²) in [5.74, 6) is -0.169. The summed E-state index contributed by atoms with van der Waals surface area (Å²) >= 11 is 1.18. The molecular formula is C21H28N2O4S2. The molecule has 1 aliphatic rings. The molecule has 6 nitrogen and oxygen atoms in total. The standard InChI is InChI=1S/C21H28N2O4S2/c1-23(29(25,26)20-9-5-16-28-20)18-12-10-17(11-13-18)21(24)22-14-6-15-27-19-7-3-2-4-8-19/h5,9-13,16,19H,2-4,6-8,14-15H2,1H3,(H,22,24). The van der Waals surface area contributed by atoms with Crippen LogP contribution in [0.2, 0.25) is 0 Å². The molecule has 1 amide bonds. The molecule has 1 aliphatic carbocycles. The number of rotatable bonds is 9. The molecule has 0 aliphatic heterocycles. The fraction of sp³-hybridized carbons (Fsp3) is 0.476. The van der Waals surface area contributed by atoms with E-state index >= 15 is 0 Å². The van der Waals surface area contributed by atoms with Crippen molar-refractivity contribution in [2.24, 2.45) is 0 Å². The zero-order valence-electron chi connectivity index (χ0n) is 16.7. The number of amides is 1. The van der Waals surface area contributed by atoms with Crippen molar-refractivity contribution in [3.63, 3.8) is 0 Å². The Morgan fingerprint density at radius 2 is 1.90 bits per heavy atom. The van der Waals surface area contributed by atoms with E-state index in [9.17, 15) is 13.2 Å². The molecule has 0 atom stereocenters. The van der Waals surface area contributed by atoms with Gasteiger partial charge >= 0.3 is 0 Å². The fourth-order valence-corrected chi connectivity index (χ4v) is 5.72. The first-order valence-electron chi connectivity index (χ1n) is 10.0. The molecule has 29 heavy (non-hydrogen) atoms. The summed E-state index contributed by atoms with van der Waals surface area (Å²) in [6.45, 7) is 1.22. The van der Waals surface area contributed by atoms with Gasteiger partial charge in [-0.05, 0) is 55.0 Å². The lowest BCUT2D eigenvalue weighted by Crippen LogP contribution is -2.27.